The molecule has 1 aliphatic rings. The Hall–Kier alpha value is -2.63. The van der Waals surface area contributed by atoms with Crippen molar-refractivity contribution < 1.29 is 39.8 Å². The van der Waals surface area contributed by atoms with Crippen molar-refractivity contribution in [3.05, 3.63) is 85.1 Å². The first-order chi connectivity index (χ1) is 25.8. The number of carbonyl (C=O) groups excluding carboxylic acids is 1. The van der Waals surface area contributed by atoms with Gasteiger partial charge in [0.15, 0.2) is 6.29 Å². The second-order valence-corrected chi connectivity index (χ2v) is 13.7. The summed E-state index contributed by atoms with van der Waals surface area (Å²) in [5.74, 6) is -0.204. The number of hydrogen-bond donors (Lipinski definition) is 6. The molecule has 302 valence electrons. The standard InChI is InChI=1S/C44H73NO8/c1-3-5-7-8-9-10-11-12-13-14-15-16-17-18-19-20-21-22-23-24-25-26-27-28-29-30-32-34-40(48)45-37(38(47)33-31-6-4-2)36-52-44-43(51)42(50)41(49)39(35-46)53-44/h5,7,9-10,12-13,15-16,18-19,21-22,31,33,37-39,41-44,46-47,49-51H,3-4,6,8,11,14,17,20,23-30,32,34-36H2,1-2H3,(H,45,48)/b7-5-,10-9-,13-12-,16-15-,19-18-,22-21-,33-31+. The minimum atomic E-state index is -1.57. The van der Waals surface area contributed by atoms with Gasteiger partial charge in [0.1, 0.15) is 24.4 Å². The maximum Gasteiger partial charge on any atom is 0.220 e. The van der Waals surface area contributed by atoms with Crippen molar-refractivity contribution in [1.82, 2.24) is 5.32 Å². The summed E-state index contributed by atoms with van der Waals surface area (Å²) in [5.41, 5.74) is 0. The first-order valence-electron chi connectivity index (χ1n) is 20.3. The van der Waals surface area contributed by atoms with Gasteiger partial charge in [-0.25, -0.2) is 0 Å². The van der Waals surface area contributed by atoms with Crippen molar-refractivity contribution in [2.45, 2.75) is 172 Å². The van der Waals surface area contributed by atoms with Crippen LogP contribution in [-0.4, -0.2) is 87.5 Å². The first kappa shape index (κ1) is 48.4. The van der Waals surface area contributed by atoms with E-state index in [-0.39, 0.29) is 12.5 Å². The van der Waals surface area contributed by atoms with E-state index in [0.717, 1.165) is 83.5 Å². The fourth-order valence-corrected chi connectivity index (χ4v) is 5.69. The van der Waals surface area contributed by atoms with E-state index in [1.54, 1.807) is 6.08 Å². The molecule has 0 aromatic rings. The third-order valence-electron chi connectivity index (χ3n) is 8.96. The van der Waals surface area contributed by atoms with E-state index < -0.39 is 49.5 Å². The molecule has 0 aromatic heterocycles. The smallest absolute Gasteiger partial charge is 0.220 e. The summed E-state index contributed by atoms with van der Waals surface area (Å²) >= 11 is 0. The Morgan fingerprint density at radius 3 is 1.70 bits per heavy atom. The molecule has 0 aliphatic carbocycles. The first-order valence-corrected chi connectivity index (χ1v) is 20.3. The van der Waals surface area contributed by atoms with Crippen LogP contribution in [0.5, 0.6) is 0 Å². The van der Waals surface area contributed by atoms with Crippen LogP contribution in [0.2, 0.25) is 0 Å². The number of nitrogens with one attached hydrogen (secondary N) is 1. The molecule has 0 saturated carbocycles. The van der Waals surface area contributed by atoms with Crippen molar-refractivity contribution in [1.29, 1.82) is 0 Å². The Morgan fingerprint density at radius 1 is 0.660 bits per heavy atom. The predicted octanol–water partition coefficient (Wildman–Crippen LogP) is 7.60. The van der Waals surface area contributed by atoms with Crippen LogP contribution in [0.25, 0.3) is 0 Å². The van der Waals surface area contributed by atoms with Crippen molar-refractivity contribution in [3.8, 4) is 0 Å². The lowest BCUT2D eigenvalue weighted by Crippen LogP contribution is -2.60. The van der Waals surface area contributed by atoms with Gasteiger partial charge in [-0.15, -0.1) is 0 Å². The van der Waals surface area contributed by atoms with Crippen LogP contribution in [0.1, 0.15) is 129 Å². The van der Waals surface area contributed by atoms with Crippen LogP contribution >= 0.6 is 0 Å². The highest BCUT2D eigenvalue weighted by molar-refractivity contribution is 5.76. The Labute approximate surface area is 321 Å². The number of aliphatic hydroxyl groups excluding tert-OH is 5. The summed E-state index contributed by atoms with van der Waals surface area (Å²) in [6.45, 7) is 3.40. The molecule has 7 atom stereocenters. The normalized spacial score (nSPS) is 22.6. The van der Waals surface area contributed by atoms with Crippen molar-refractivity contribution >= 4 is 5.91 Å². The van der Waals surface area contributed by atoms with Gasteiger partial charge in [-0.05, 0) is 64.2 Å². The average molecular weight is 744 g/mol. The Bertz CT molecular complexity index is 1090. The van der Waals surface area contributed by atoms with E-state index in [2.05, 4.69) is 85.2 Å². The fraction of sp³-hybridized carbons (Fsp3) is 0.659. The maximum atomic E-state index is 12.7. The molecule has 0 aromatic carbocycles. The van der Waals surface area contributed by atoms with Crippen molar-refractivity contribution in [3.63, 3.8) is 0 Å². The number of ether oxygens (including phenoxy) is 2. The van der Waals surface area contributed by atoms with Crippen LogP contribution in [-0.2, 0) is 14.3 Å². The predicted molar refractivity (Wildman–Crippen MR) is 216 cm³/mol. The van der Waals surface area contributed by atoms with E-state index >= 15 is 0 Å². The number of rotatable bonds is 31. The number of hydrogen-bond acceptors (Lipinski definition) is 8. The molecule has 0 bridgehead atoms. The van der Waals surface area contributed by atoms with Gasteiger partial charge >= 0.3 is 0 Å². The molecule has 0 spiro atoms. The third kappa shape index (κ3) is 25.1. The highest BCUT2D eigenvalue weighted by atomic mass is 16.7. The van der Waals surface area contributed by atoms with Crippen molar-refractivity contribution in [2.75, 3.05) is 13.2 Å². The van der Waals surface area contributed by atoms with Gasteiger partial charge in [0.05, 0.1) is 25.4 Å². The number of aliphatic hydroxyl groups is 5. The molecular weight excluding hydrogens is 670 g/mol. The Kier molecular flexibility index (Phi) is 31.0. The summed E-state index contributed by atoms with van der Waals surface area (Å²) < 4.78 is 11.0. The summed E-state index contributed by atoms with van der Waals surface area (Å²) in [4.78, 5) is 12.7. The second-order valence-electron chi connectivity index (χ2n) is 13.7. The van der Waals surface area contributed by atoms with E-state index in [4.69, 9.17) is 9.47 Å². The fourth-order valence-electron chi connectivity index (χ4n) is 5.69. The number of unbranched alkanes of at least 4 members (excludes halogenated alkanes) is 9. The SMILES string of the molecule is CC/C=C\C/C=C\C/C=C\C/C=C\C/C=C\C/C=C\CCCCCCCCCCC(=O)NC(COC1OC(CO)C(O)C(O)C1O)C(O)/C=C/CCC. The molecule has 1 saturated heterocycles. The summed E-state index contributed by atoms with van der Waals surface area (Å²) in [5, 5.41) is 53.3. The molecule has 6 N–H and O–H groups in total. The second kappa shape index (κ2) is 33.9. The van der Waals surface area contributed by atoms with Crippen LogP contribution in [0.3, 0.4) is 0 Å². The number of allylic oxidation sites excluding steroid dienone is 13. The lowest BCUT2D eigenvalue weighted by Gasteiger charge is -2.40. The number of carbonyl (C=O) groups is 1. The van der Waals surface area contributed by atoms with Gasteiger partial charge < -0.3 is 40.3 Å². The molecule has 53 heavy (non-hydrogen) atoms. The van der Waals surface area contributed by atoms with Crippen molar-refractivity contribution in [2.24, 2.45) is 0 Å². The van der Waals surface area contributed by atoms with Gasteiger partial charge in [-0.1, -0.05) is 144 Å². The number of amides is 1. The van der Waals surface area contributed by atoms with Crippen LogP contribution < -0.4 is 5.32 Å². The quantitative estimate of drug-likeness (QED) is 0.0314. The van der Waals surface area contributed by atoms with E-state index in [1.165, 1.54) is 25.7 Å². The van der Waals surface area contributed by atoms with E-state index in [1.807, 2.05) is 13.0 Å². The lowest BCUT2D eigenvalue weighted by molar-refractivity contribution is -0.302. The highest BCUT2D eigenvalue weighted by Crippen LogP contribution is 2.22. The molecule has 9 heteroatoms. The van der Waals surface area contributed by atoms with Gasteiger partial charge in [0.25, 0.3) is 0 Å². The van der Waals surface area contributed by atoms with Crippen LogP contribution in [0, 0.1) is 0 Å². The Morgan fingerprint density at radius 2 is 1.17 bits per heavy atom. The minimum Gasteiger partial charge on any atom is -0.394 e. The third-order valence-corrected chi connectivity index (χ3v) is 8.96. The Balaban J connectivity index is 2.14. The molecule has 1 aliphatic heterocycles. The molecule has 1 amide bonds. The molecule has 1 heterocycles. The largest absolute Gasteiger partial charge is 0.394 e. The summed E-state index contributed by atoms with van der Waals surface area (Å²) in [7, 11) is 0. The zero-order valence-corrected chi connectivity index (χ0v) is 32.7. The molecular formula is C44H73NO8. The van der Waals surface area contributed by atoms with Gasteiger partial charge in [-0.3, -0.25) is 4.79 Å². The minimum absolute atomic E-state index is 0.202. The van der Waals surface area contributed by atoms with Gasteiger partial charge in [-0.2, -0.15) is 0 Å². The van der Waals surface area contributed by atoms with Crippen LogP contribution in [0.15, 0.2) is 85.1 Å². The molecule has 7 unspecified atom stereocenters. The van der Waals surface area contributed by atoms with E-state index in [9.17, 15) is 30.3 Å². The summed E-state index contributed by atoms with van der Waals surface area (Å²) in [6, 6.07) is -0.809. The van der Waals surface area contributed by atoms with Gasteiger partial charge in [0.2, 0.25) is 5.91 Å². The zero-order valence-electron chi connectivity index (χ0n) is 32.7. The highest BCUT2D eigenvalue weighted by Gasteiger charge is 2.44. The average Bonchev–Trinajstić information content (AvgIpc) is 3.15. The van der Waals surface area contributed by atoms with E-state index in [0.29, 0.717) is 6.42 Å². The molecule has 1 rings (SSSR count). The monoisotopic (exact) mass is 744 g/mol. The molecule has 1 fully saturated rings. The molecule has 9 nitrogen and oxygen atoms in total. The maximum absolute atomic E-state index is 12.7. The van der Waals surface area contributed by atoms with Gasteiger partial charge in [0, 0.05) is 6.42 Å². The van der Waals surface area contributed by atoms with Crippen LogP contribution in [0.4, 0.5) is 0 Å². The summed E-state index contributed by atoms with van der Waals surface area (Å²) in [6.07, 6.45) is 40.1. The zero-order chi connectivity index (χ0) is 38.8. The lowest BCUT2D eigenvalue weighted by atomic mass is 9.99. The molecule has 0 radical (unpaired) electrons. The topological polar surface area (TPSA) is 149 Å².